The van der Waals surface area contributed by atoms with Gasteiger partial charge in [0.15, 0.2) is 0 Å². The fourth-order valence-electron chi connectivity index (χ4n) is 1.33. The molecule has 0 saturated carbocycles. The Morgan fingerprint density at radius 3 is 2.65 bits per heavy atom. The Bertz CT molecular complexity index is 350. The molecule has 5 heteroatoms. The number of halogens is 3. The van der Waals surface area contributed by atoms with Crippen LogP contribution in [-0.2, 0) is 0 Å². The van der Waals surface area contributed by atoms with E-state index in [0.717, 1.165) is 10.5 Å². The summed E-state index contributed by atoms with van der Waals surface area (Å²) >= 11 is 1.38. The molecule has 0 spiro atoms. The van der Waals surface area contributed by atoms with Crippen LogP contribution in [0, 0.1) is 0 Å². The molecule has 1 atom stereocenters. The van der Waals surface area contributed by atoms with E-state index >= 15 is 0 Å². The fraction of sp³-hybridized carbons (Fsp3) is 0.500. The Morgan fingerprint density at radius 1 is 1.35 bits per heavy atom. The van der Waals surface area contributed by atoms with Gasteiger partial charge in [-0.25, -0.2) is 0 Å². The van der Waals surface area contributed by atoms with Crippen molar-refractivity contribution in [1.82, 2.24) is 0 Å². The summed E-state index contributed by atoms with van der Waals surface area (Å²) in [6.07, 6.45) is -5.24. The number of rotatable bonds is 5. The van der Waals surface area contributed by atoms with Crippen LogP contribution in [0.5, 0.6) is 0 Å². The van der Waals surface area contributed by atoms with E-state index in [1.807, 2.05) is 12.1 Å². The summed E-state index contributed by atoms with van der Waals surface area (Å²) in [7, 11) is 0. The maximum absolute atomic E-state index is 11.9. The normalized spacial score (nSPS) is 13.7. The molecule has 0 aliphatic rings. The molecule has 96 valence electrons. The van der Waals surface area contributed by atoms with Gasteiger partial charge in [0, 0.05) is 11.3 Å². The first-order valence-electron chi connectivity index (χ1n) is 5.36. The lowest BCUT2D eigenvalue weighted by Crippen LogP contribution is -2.06. The van der Waals surface area contributed by atoms with Gasteiger partial charge >= 0.3 is 6.18 Å². The average Bonchev–Trinajstić information content (AvgIpc) is 2.23. The monoisotopic (exact) mass is 264 g/mol. The van der Waals surface area contributed by atoms with E-state index in [4.69, 9.17) is 0 Å². The number of benzene rings is 1. The van der Waals surface area contributed by atoms with Crippen molar-refractivity contribution in [3.63, 3.8) is 0 Å². The van der Waals surface area contributed by atoms with Crippen LogP contribution in [0.1, 0.15) is 31.4 Å². The first kappa shape index (κ1) is 14.4. The van der Waals surface area contributed by atoms with Gasteiger partial charge in [0.2, 0.25) is 0 Å². The third kappa shape index (κ3) is 5.98. The zero-order valence-electron chi connectivity index (χ0n) is 9.50. The number of hydrogen-bond donors (Lipinski definition) is 1. The van der Waals surface area contributed by atoms with E-state index < -0.39 is 18.7 Å². The van der Waals surface area contributed by atoms with Gasteiger partial charge in [-0.3, -0.25) is 0 Å². The largest absolute Gasteiger partial charge is 0.389 e. The predicted molar refractivity (Wildman–Crippen MR) is 63.1 cm³/mol. The lowest BCUT2D eigenvalue weighted by molar-refractivity contribution is -0.134. The first-order valence-corrected chi connectivity index (χ1v) is 6.34. The third-order valence-electron chi connectivity index (χ3n) is 2.21. The van der Waals surface area contributed by atoms with Crippen LogP contribution in [0.25, 0.3) is 0 Å². The number of aliphatic hydroxyl groups excluding tert-OH is 1. The molecule has 0 aliphatic carbocycles. The average molecular weight is 264 g/mol. The molecule has 1 unspecified atom stereocenters. The molecule has 0 bridgehead atoms. The fourth-order valence-corrected chi connectivity index (χ4v) is 2.25. The van der Waals surface area contributed by atoms with Gasteiger partial charge in [0.25, 0.3) is 0 Å². The molecule has 17 heavy (non-hydrogen) atoms. The molecule has 0 fully saturated rings. The Kier molecular flexibility index (Phi) is 5.33. The highest BCUT2D eigenvalue weighted by atomic mass is 32.2. The van der Waals surface area contributed by atoms with Crippen molar-refractivity contribution in [3.05, 3.63) is 29.8 Å². The van der Waals surface area contributed by atoms with Crippen molar-refractivity contribution in [1.29, 1.82) is 0 Å². The summed E-state index contributed by atoms with van der Waals surface area (Å²) in [5.74, 6) is 0.433. The minimum atomic E-state index is -4.07. The van der Waals surface area contributed by atoms with Crippen molar-refractivity contribution >= 4 is 11.8 Å². The van der Waals surface area contributed by atoms with Crippen LogP contribution < -0.4 is 0 Å². The van der Waals surface area contributed by atoms with Crippen LogP contribution in [-0.4, -0.2) is 17.0 Å². The van der Waals surface area contributed by atoms with Crippen LogP contribution in [0.4, 0.5) is 13.2 Å². The van der Waals surface area contributed by atoms with E-state index in [1.54, 1.807) is 19.1 Å². The SMILES string of the molecule is CC(O)c1cccc(SCCCC(F)(F)F)c1. The summed E-state index contributed by atoms with van der Waals surface area (Å²) in [5, 5.41) is 9.37. The molecular weight excluding hydrogens is 249 g/mol. The van der Waals surface area contributed by atoms with Gasteiger partial charge in [-0.1, -0.05) is 12.1 Å². The van der Waals surface area contributed by atoms with E-state index in [2.05, 4.69) is 0 Å². The maximum Gasteiger partial charge on any atom is 0.389 e. The molecule has 0 amide bonds. The molecule has 1 aromatic rings. The van der Waals surface area contributed by atoms with Gasteiger partial charge in [-0.15, -0.1) is 11.8 Å². The molecular formula is C12H15F3OS. The van der Waals surface area contributed by atoms with E-state index in [-0.39, 0.29) is 6.42 Å². The lowest BCUT2D eigenvalue weighted by atomic mass is 10.1. The second-order valence-electron chi connectivity index (χ2n) is 3.82. The topological polar surface area (TPSA) is 20.2 Å². The summed E-state index contributed by atoms with van der Waals surface area (Å²) in [6.45, 7) is 1.66. The highest BCUT2D eigenvalue weighted by molar-refractivity contribution is 7.99. The summed E-state index contributed by atoms with van der Waals surface area (Å²) in [4.78, 5) is 0.894. The van der Waals surface area contributed by atoms with Crippen molar-refractivity contribution < 1.29 is 18.3 Å². The number of thioether (sulfide) groups is 1. The second-order valence-corrected chi connectivity index (χ2v) is 4.98. The first-order chi connectivity index (χ1) is 7.88. The van der Waals surface area contributed by atoms with E-state index in [1.165, 1.54) is 11.8 Å². The van der Waals surface area contributed by atoms with Gasteiger partial charge < -0.3 is 5.11 Å². The quantitative estimate of drug-likeness (QED) is 0.636. The zero-order valence-corrected chi connectivity index (χ0v) is 10.3. The smallest absolute Gasteiger partial charge is 0.389 e. The molecule has 0 radical (unpaired) electrons. The Hall–Kier alpha value is -0.680. The molecule has 1 nitrogen and oxygen atoms in total. The van der Waals surface area contributed by atoms with E-state index in [0.29, 0.717) is 5.75 Å². The Labute approximate surface area is 103 Å². The number of hydrogen-bond acceptors (Lipinski definition) is 2. The van der Waals surface area contributed by atoms with E-state index in [9.17, 15) is 18.3 Å². The third-order valence-corrected chi connectivity index (χ3v) is 3.29. The lowest BCUT2D eigenvalue weighted by Gasteiger charge is -2.08. The molecule has 0 aromatic heterocycles. The molecule has 1 N–H and O–H groups in total. The highest BCUT2D eigenvalue weighted by Crippen LogP contribution is 2.26. The number of alkyl halides is 3. The molecule has 0 saturated heterocycles. The van der Waals surface area contributed by atoms with Gasteiger partial charge in [-0.05, 0) is 36.8 Å². The van der Waals surface area contributed by atoms with Crippen LogP contribution >= 0.6 is 11.8 Å². The van der Waals surface area contributed by atoms with Crippen LogP contribution in [0.2, 0.25) is 0 Å². The van der Waals surface area contributed by atoms with Crippen LogP contribution in [0.3, 0.4) is 0 Å². The molecule has 1 aromatic carbocycles. The minimum Gasteiger partial charge on any atom is -0.389 e. The predicted octanol–water partition coefficient (Wildman–Crippen LogP) is 4.17. The van der Waals surface area contributed by atoms with Crippen molar-refractivity contribution in [2.45, 2.75) is 36.9 Å². The Balaban J connectivity index is 2.39. The van der Waals surface area contributed by atoms with Gasteiger partial charge in [-0.2, -0.15) is 13.2 Å². The Morgan fingerprint density at radius 2 is 2.06 bits per heavy atom. The van der Waals surface area contributed by atoms with Crippen molar-refractivity contribution in [3.8, 4) is 0 Å². The maximum atomic E-state index is 11.9. The molecule has 0 aliphatic heterocycles. The minimum absolute atomic E-state index is 0.118. The summed E-state index contributed by atoms with van der Waals surface area (Å²) in [6, 6.07) is 7.24. The summed E-state index contributed by atoms with van der Waals surface area (Å²) < 4.78 is 35.7. The van der Waals surface area contributed by atoms with Crippen LogP contribution in [0.15, 0.2) is 29.2 Å². The molecule has 0 heterocycles. The van der Waals surface area contributed by atoms with Crippen molar-refractivity contribution in [2.75, 3.05) is 5.75 Å². The summed E-state index contributed by atoms with van der Waals surface area (Å²) in [5.41, 5.74) is 0.783. The molecule has 1 rings (SSSR count). The number of aliphatic hydroxyl groups is 1. The second kappa shape index (κ2) is 6.31. The zero-order chi connectivity index (χ0) is 12.9. The highest BCUT2D eigenvalue weighted by Gasteiger charge is 2.25. The van der Waals surface area contributed by atoms with Gasteiger partial charge in [0.05, 0.1) is 6.10 Å². The van der Waals surface area contributed by atoms with Crippen molar-refractivity contribution in [2.24, 2.45) is 0 Å². The van der Waals surface area contributed by atoms with Gasteiger partial charge in [0.1, 0.15) is 0 Å². The standard InChI is InChI=1S/C12H15F3OS/c1-9(16)10-4-2-5-11(8-10)17-7-3-6-12(13,14)15/h2,4-5,8-9,16H,3,6-7H2,1H3.